The Kier molecular flexibility index (Phi) is 3.56. The summed E-state index contributed by atoms with van der Waals surface area (Å²) in [6, 6.07) is 0. The van der Waals surface area contributed by atoms with Gasteiger partial charge >= 0.3 is 0 Å². The second kappa shape index (κ2) is 4.49. The maximum atomic E-state index is 3.96. The number of aryl methyl sites for hydroxylation is 1. The van der Waals surface area contributed by atoms with Gasteiger partial charge in [-0.05, 0) is 6.42 Å². The van der Waals surface area contributed by atoms with Gasteiger partial charge in [0.25, 0.3) is 0 Å². The lowest BCUT2D eigenvalue weighted by Gasteiger charge is -1.94. The van der Waals surface area contributed by atoms with Crippen molar-refractivity contribution in [3.05, 3.63) is 11.9 Å². The van der Waals surface area contributed by atoms with E-state index < -0.39 is 0 Å². The first-order valence-electron chi connectivity index (χ1n) is 3.81. The second-order valence-electron chi connectivity index (χ2n) is 2.46. The summed E-state index contributed by atoms with van der Waals surface area (Å²) in [7, 11) is 0. The lowest BCUT2D eigenvalue weighted by Crippen LogP contribution is -1.97. The van der Waals surface area contributed by atoms with Gasteiger partial charge in [0, 0.05) is 18.1 Å². The van der Waals surface area contributed by atoms with Crippen molar-refractivity contribution in [2.45, 2.75) is 31.6 Å². The Hall–Kier alpha value is -0.380. The van der Waals surface area contributed by atoms with E-state index >= 15 is 0 Å². The highest BCUT2D eigenvalue weighted by atomic mass is 79.9. The highest BCUT2D eigenvalue weighted by Crippen LogP contribution is 2.00. The first-order valence-corrected chi connectivity index (χ1v) is 4.94. The molecule has 0 aliphatic heterocycles. The molecule has 0 amide bonds. The lowest BCUT2D eigenvalue weighted by molar-refractivity contribution is 0.553. The fourth-order valence-electron chi connectivity index (χ4n) is 0.829. The zero-order valence-corrected chi connectivity index (χ0v) is 8.21. The third kappa shape index (κ3) is 2.61. The van der Waals surface area contributed by atoms with Gasteiger partial charge < -0.3 is 0 Å². The molecule has 4 heteroatoms. The molecular weight excluding hydrogens is 206 g/mol. The summed E-state index contributed by atoms with van der Waals surface area (Å²) in [5, 5.41) is 8.71. The third-order valence-electron chi connectivity index (χ3n) is 1.46. The normalized spacial score (nSPS) is 10.4. The number of aromatic nitrogens is 3. The van der Waals surface area contributed by atoms with Crippen molar-refractivity contribution in [2.75, 3.05) is 0 Å². The molecule has 0 aliphatic carbocycles. The molecule has 3 nitrogen and oxygen atoms in total. The summed E-state index contributed by atoms with van der Waals surface area (Å²) in [5.74, 6) is 0. The smallest absolute Gasteiger partial charge is 0.0932 e. The Morgan fingerprint density at radius 1 is 1.64 bits per heavy atom. The van der Waals surface area contributed by atoms with Crippen molar-refractivity contribution in [2.24, 2.45) is 0 Å². The number of hydrogen-bond acceptors (Lipinski definition) is 2. The monoisotopic (exact) mass is 217 g/mol. The van der Waals surface area contributed by atoms with Gasteiger partial charge in [0.1, 0.15) is 0 Å². The Labute approximate surface area is 74.9 Å². The third-order valence-corrected chi connectivity index (χ3v) is 2.04. The maximum Gasteiger partial charge on any atom is 0.0932 e. The van der Waals surface area contributed by atoms with E-state index in [9.17, 15) is 0 Å². The zero-order valence-electron chi connectivity index (χ0n) is 6.63. The van der Waals surface area contributed by atoms with Gasteiger partial charge in [-0.1, -0.05) is 34.5 Å². The molecule has 0 N–H and O–H groups in total. The van der Waals surface area contributed by atoms with Gasteiger partial charge in [-0.15, -0.1) is 5.10 Å². The Morgan fingerprint density at radius 2 is 2.45 bits per heavy atom. The molecule has 1 aromatic heterocycles. The SMILES string of the molecule is CCCCn1cc(CBr)nn1. The van der Waals surface area contributed by atoms with Gasteiger partial charge in [0.15, 0.2) is 0 Å². The average Bonchev–Trinajstić information content (AvgIpc) is 2.48. The summed E-state index contributed by atoms with van der Waals surface area (Å²) in [6.07, 6.45) is 4.35. The number of rotatable bonds is 4. The van der Waals surface area contributed by atoms with E-state index in [0.29, 0.717) is 0 Å². The van der Waals surface area contributed by atoms with Gasteiger partial charge in [0.2, 0.25) is 0 Å². The quantitative estimate of drug-likeness (QED) is 0.723. The van der Waals surface area contributed by atoms with Crippen LogP contribution in [0.15, 0.2) is 6.20 Å². The number of hydrogen-bond donors (Lipinski definition) is 0. The predicted molar refractivity (Wildman–Crippen MR) is 47.6 cm³/mol. The summed E-state index contributed by atoms with van der Waals surface area (Å²) in [6.45, 7) is 3.15. The molecule has 0 fully saturated rings. The van der Waals surface area contributed by atoms with Crippen LogP contribution < -0.4 is 0 Å². The number of halogens is 1. The minimum atomic E-state index is 0.791. The van der Waals surface area contributed by atoms with Crippen molar-refractivity contribution in [1.29, 1.82) is 0 Å². The standard InChI is InChI=1S/C7H12BrN3/c1-2-3-4-11-6-7(5-8)9-10-11/h6H,2-5H2,1H3. The molecule has 0 unspecified atom stereocenters. The van der Waals surface area contributed by atoms with Crippen LogP contribution in [0.4, 0.5) is 0 Å². The molecule has 0 saturated heterocycles. The first kappa shape index (κ1) is 8.71. The van der Waals surface area contributed by atoms with Crippen molar-refractivity contribution < 1.29 is 0 Å². The maximum absolute atomic E-state index is 3.96. The summed E-state index contributed by atoms with van der Waals surface area (Å²) in [4.78, 5) is 0. The van der Waals surface area contributed by atoms with Gasteiger partial charge in [0.05, 0.1) is 5.69 Å². The summed E-state index contributed by atoms with van der Waals surface area (Å²) >= 11 is 3.32. The summed E-state index contributed by atoms with van der Waals surface area (Å²) < 4.78 is 1.89. The van der Waals surface area contributed by atoms with Gasteiger partial charge in [-0.25, -0.2) is 0 Å². The molecule has 0 saturated carbocycles. The fourth-order valence-corrected chi connectivity index (χ4v) is 1.09. The molecule has 1 aromatic rings. The van der Waals surface area contributed by atoms with Crippen molar-refractivity contribution in [3.8, 4) is 0 Å². The van der Waals surface area contributed by atoms with E-state index in [1.807, 2.05) is 10.9 Å². The predicted octanol–water partition coefficient (Wildman–Crippen LogP) is 1.97. The molecule has 11 heavy (non-hydrogen) atoms. The topological polar surface area (TPSA) is 30.7 Å². The molecule has 1 heterocycles. The van der Waals surface area contributed by atoms with Crippen molar-refractivity contribution in [1.82, 2.24) is 15.0 Å². The zero-order chi connectivity index (χ0) is 8.10. The van der Waals surface area contributed by atoms with Crippen LogP contribution >= 0.6 is 15.9 Å². The Bertz CT molecular complexity index is 209. The van der Waals surface area contributed by atoms with Gasteiger partial charge in [-0.3, -0.25) is 4.68 Å². The molecule has 0 spiro atoms. The fraction of sp³-hybridized carbons (Fsp3) is 0.714. The van der Waals surface area contributed by atoms with E-state index in [-0.39, 0.29) is 0 Å². The number of alkyl halides is 1. The average molecular weight is 218 g/mol. The Morgan fingerprint density at radius 3 is 3.00 bits per heavy atom. The minimum Gasteiger partial charge on any atom is -0.252 e. The molecule has 0 aliphatic rings. The van der Waals surface area contributed by atoms with E-state index in [0.717, 1.165) is 17.6 Å². The highest BCUT2D eigenvalue weighted by Gasteiger charge is 1.96. The number of unbranched alkanes of at least 4 members (excludes halogenated alkanes) is 1. The molecule has 0 radical (unpaired) electrons. The van der Waals surface area contributed by atoms with E-state index in [1.165, 1.54) is 12.8 Å². The minimum absolute atomic E-state index is 0.791. The van der Waals surface area contributed by atoms with E-state index in [4.69, 9.17) is 0 Å². The highest BCUT2D eigenvalue weighted by molar-refractivity contribution is 9.08. The van der Waals surface area contributed by atoms with Crippen LogP contribution in [0.2, 0.25) is 0 Å². The molecule has 0 atom stereocenters. The molecule has 0 aromatic carbocycles. The van der Waals surface area contributed by atoms with Crippen LogP contribution in [0.25, 0.3) is 0 Å². The largest absolute Gasteiger partial charge is 0.252 e. The van der Waals surface area contributed by atoms with Crippen LogP contribution in [0.5, 0.6) is 0 Å². The van der Waals surface area contributed by atoms with Crippen LogP contribution in [0, 0.1) is 0 Å². The molecule has 1 rings (SSSR count). The van der Waals surface area contributed by atoms with E-state index in [2.05, 4.69) is 33.2 Å². The first-order chi connectivity index (χ1) is 5.36. The van der Waals surface area contributed by atoms with Crippen LogP contribution in [-0.4, -0.2) is 15.0 Å². The number of nitrogens with zero attached hydrogens (tertiary/aromatic N) is 3. The molecule has 0 bridgehead atoms. The van der Waals surface area contributed by atoms with Crippen molar-refractivity contribution >= 4 is 15.9 Å². The molecule has 62 valence electrons. The van der Waals surface area contributed by atoms with Crippen LogP contribution in [0.3, 0.4) is 0 Å². The lowest BCUT2D eigenvalue weighted by atomic mass is 10.3. The van der Waals surface area contributed by atoms with Crippen LogP contribution in [-0.2, 0) is 11.9 Å². The molecular formula is C7H12BrN3. The second-order valence-corrected chi connectivity index (χ2v) is 3.02. The van der Waals surface area contributed by atoms with Gasteiger partial charge in [-0.2, -0.15) is 0 Å². The van der Waals surface area contributed by atoms with Crippen LogP contribution in [0.1, 0.15) is 25.5 Å². The van der Waals surface area contributed by atoms with E-state index in [1.54, 1.807) is 0 Å². The van der Waals surface area contributed by atoms with Crippen molar-refractivity contribution in [3.63, 3.8) is 0 Å². The summed E-state index contributed by atoms with van der Waals surface area (Å²) in [5.41, 5.74) is 1.00. The Balaban J connectivity index is 2.44.